The van der Waals surface area contributed by atoms with Gasteiger partial charge in [0.15, 0.2) is 0 Å². The number of aliphatic carboxylic acids is 1. The molecule has 1 aliphatic carbocycles. The number of carbonyl (C=O) groups is 3. The van der Waals surface area contributed by atoms with Gasteiger partial charge in [0.1, 0.15) is 6.04 Å². The van der Waals surface area contributed by atoms with Crippen LogP contribution in [0.2, 0.25) is 0 Å². The van der Waals surface area contributed by atoms with E-state index >= 15 is 0 Å². The van der Waals surface area contributed by atoms with E-state index in [1.165, 1.54) is 0 Å². The molecule has 0 aromatic carbocycles. The predicted octanol–water partition coefficient (Wildman–Crippen LogP) is 1.10. The van der Waals surface area contributed by atoms with Gasteiger partial charge in [-0.15, -0.1) is 0 Å². The highest BCUT2D eigenvalue weighted by Crippen LogP contribution is 2.41. The highest BCUT2D eigenvalue weighted by Gasteiger charge is 2.49. The summed E-state index contributed by atoms with van der Waals surface area (Å²) in [5.41, 5.74) is 0. The Balaban J connectivity index is 1.79. The fourth-order valence-corrected chi connectivity index (χ4v) is 4.36. The number of amides is 2. The van der Waals surface area contributed by atoms with Gasteiger partial charge in [-0.3, -0.25) is 9.59 Å². The van der Waals surface area contributed by atoms with Crippen LogP contribution in [0.3, 0.4) is 0 Å². The van der Waals surface area contributed by atoms with Crippen LogP contribution in [0.15, 0.2) is 0 Å². The zero-order valence-electron chi connectivity index (χ0n) is 13.0. The van der Waals surface area contributed by atoms with Gasteiger partial charge in [-0.1, -0.05) is 12.8 Å². The molecular formula is C16H24N2O4. The normalized spacial score (nSPS) is 35.4. The second kappa shape index (κ2) is 5.89. The maximum absolute atomic E-state index is 12.9. The molecule has 0 bridgehead atoms. The summed E-state index contributed by atoms with van der Waals surface area (Å²) < 4.78 is 0. The van der Waals surface area contributed by atoms with Crippen molar-refractivity contribution in [3.05, 3.63) is 0 Å². The molecule has 1 N–H and O–H groups in total. The molecule has 0 aromatic rings. The summed E-state index contributed by atoms with van der Waals surface area (Å²) in [6.45, 7) is 0.578. The van der Waals surface area contributed by atoms with E-state index in [1.807, 2.05) is 0 Å². The van der Waals surface area contributed by atoms with Crippen molar-refractivity contribution >= 4 is 17.8 Å². The monoisotopic (exact) mass is 308 g/mol. The lowest BCUT2D eigenvalue weighted by atomic mass is 9.84. The van der Waals surface area contributed by atoms with E-state index in [4.69, 9.17) is 0 Å². The van der Waals surface area contributed by atoms with Gasteiger partial charge in [0, 0.05) is 32.0 Å². The average Bonchev–Trinajstić information content (AvgIpc) is 2.89. The van der Waals surface area contributed by atoms with Gasteiger partial charge in [-0.05, 0) is 31.6 Å². The van der Waals surface area contributed by atoms with E-state index in [0.29, 0.717) is 25.3 Å². The van der Waals surface area contributed by atoms with Crippen molar-refractivity contribution in [1.29, 1.82) is 0 Å². The summed E-state index contributed by atoms with van der Waals surface area (Å²) in [5.74, 6) is -1.05. The first-order valence-electron chi connectivity index (χ1n) is 8.28. The van der Waals surface area contributed by atoms with Gasteiger partial charge in [-0.25, -0.2) is 4.79 Å². The molecule has 2 amide bonds. The van der Waals surface area contributed by atoms with Crippen molar-refractivity contribution in [2.45, 2.75) is 57.0 Å². The van der Waals surface area contributed by atoms with Crippen molar-refractivity contribution < 1.29 is 19.5 Å². The molecule has 0 spiro atoms. The van der Waals surface area contributed by atoms with Crippen LogP contribution in [0.1, 0.15) is 44.9 Å². The summed E-state index contributed by atoms with van der Waals surface area (Å²) in [4.78, 5) is 39.6. The van der Waals surface area contributed by atoms with Gasteiger partial charge in [-0.2, -0.15) is 0 Å². The van der Waals surface area contributed by atoms with Crippen molar-refractivity contribution in [3.63, 3.8) is 0 Å². The molecule has 0 radical (unpaired) electrons. The van der Waals surface area contributed by atoms with Crippen molar-refractivity contribution in [3.8, 4) is 0 Å². The average molecular weight is 308 g/mol. The Labute approximate surface area is 130 Å². The highest BCUT2D eigenvalue weighted by molar-refractivity contribution is 5.90. The first-order chi connectivity index (χ1) is 10.5. The second-order valence-electron chi connectivity index (χ2n) is 6.95. The molecule has 0 aromatic heterocycles. The molecule has 4 atom stereocenters. The van der Waals surface area contributed by atoms with Crippen molar-refractivity contribution in [2.24, 2.45) is 11.8 Å². The lowest BCUT2D eigenvalue weighted by Crippen LogP contribution is -2.51. The summed E-state index contributed by atoms with van der Waals surface area (Å²) in [6.07, 6.45) is 5.54. The Morgan fingerprint density at radius 1 is 1.18 bits per heavy atom. The number of rotatable bonds is 2. The van der Waals surface area contributed by atoms with Crippen LogP contribution in [0.4, 0.5) is 0 Å². The standard InChI is InChI=1S/C16H24N2O4/c1-17-7-6-11(9-14(17)19)15(20)18-12-5-3-2-4-10(12)8-13(18)16(21)22/h10-13H,2-9H2,1H3,(H,21,22)/t10-,11+,12+,13+/m1/s1. The summed E-state index contributed by atoms with van der Waals surface area (Å²) in [7, 11) is 1.75. The minimum absolute atomic E-state index is 0.0177. The molecule has 2 saturated heterocycles. The van der Waals surface area contributed by atoms with E-state index in [9.17, 15) is 19.5 Å². The van der Waals surface area contributed by atoms with Crippen LogP contribution in [0.5, 0.6) is 0 Å². The number of hydrogen-bond donors (Lipinski definition) is 1. The summed E-state index contributed by atoms with van der Waals surface area (Å²) >= 11 is 0. The number of carbonyl (C=O) groups excluding carboxylic acids is 2. The molecule has 2 aliphatic heterocycles. The maximum atomic E-state index is 12.9. The zero-order chi connectivity index (χ0) is 15.9. The maximum Gasteiger partial charge on any atom is 0.326 e. The molecule has 0 unspecified atom stereocenters. The fraction of sp³-hybridized carbons (Fsp3) is 0.812. The zero-order valence-corrected chi connectivity index (χ0v) is 13.0. The molecule has 3 fully saturated rings. The second-order valence-corrected chi connectivity index (χ2v) is 6.95. The van der Waals surface area contributed by atoms with Gasteiger partial charge >= 0.3 is 5.97 Å². The summed E-state index contributed by atoms with van der Waals surface area (Å²) in [5, 5.41) is 9.50. The Morgan fingerprint density at radius 3 is 2.59 bits per heavy atom. The fourth-order valence-electron chi connectivity index (χ4n) is 4.36. The SMILES string of the molecule is CN1CC[C@H](C(=O)N2[C@H](C(=O)O)C[C@H]3CCCC[C@@H]32)CC1=O. The number of fused-ring (bicyclic) bond motifs is 1. The van der Waals surface area contributed by atoms with E-state index in [0.717, 1.165) is 25.7 Å². The third-order valence-corrected chi connectivity index (χ3v) is 5.64. The number of hydrogen-bond acceptors (Lipinski definition) is 3. The first kappa shape index (κ1) is 15.3. The lowest BCUT2D eigenvalue weighted by molar-refractivity contribution is -0.154. The van der Waals surface area contributed by atoms with Crippen molar-refractivity contribution in [2.75, 3.05) is 13.6 Å². The predicted molar refractivity (Wildman–Crippen MR) is 79.0 cm³/mol. The van der Waals surface area contributed by atoms with E-state index in [1.54, 1.807) is 16.8 Å². The molecule has 6 heteroatoms. The minimum atomic E-state index is -0.901. The largest absolute Gasteiger partial charge is 0.480 e. The molecule has 22 heavy (non-hydrogen) atoms. The van der Waals surface area contributed by atoms with Crippen LogP contribution in [0.25, 0.3) is 0 Å². The first-order valence-corrected chi connectivity index (χ1v) is 8.28. The van der Waals surface area contributed by atoms with Crippen LogP contribution in [-0.4, -0.2) is 58.4 Å². The molecule has 6 nitrogen and oxygen atoms in total. The number of nitrogens with zero attached hydrogens (tertiary/aromatic N) is 2. The van der Waals surface area contributed by atoms with Crippen molar-refractivity contribution in [1.82, 2.24) is 9.80 Å². The molecule has 2 heterocycles. The Kier molecular flexibility index (Phi) is 4.10. The van der Waals surface area contributed by atoms with Gasteiger partial charge in [0.25, 0.3) is 0 Å². The van der Waals surface area contributed by atoms with Gasteiger partial charge in [0.05, 0.1) is 0 Å². The third kappa shape index (κ3) is 2.59. The van der Waals surface area contributed by atoms with E-state index in [-0.39, 0.29) is 30.2 Å². The summed E-state index contributed by atoms with van der Waals surface area (Å²) in [6, 6.07) is -0.632. The van der Waals surface area contributed by atoms with E-state index < -0.39 is 12.0 Å². The smallest absolute Gasteiger partial charge is 0.326 e. The Bertz CT molecular complexity index is 493. The molecule has 3 rings (SSSR count). The minimum Gasteiger partial charge on any atom is -0.480 e. The highest BCUT2D eigenvalue weighted by atomic mass is 16.4. The molecule has 3 aliphatic rings. The van der Waals surface area contributed by atoms with Gasteiger partial charge in [0.2, 0.25) is 11.8 Å². The topological polar surface area (TPSA) is 77.9 Å². The van der Waals surface area contributed by atoms with Crippen LogP contribution in [-0.2, 0) is 14.4 Å². The Hall–Kier alpha value is -1.59. The number of piperidine rings is 1. The van der Waals surface area contributed by atoms with Crippen LogP contribution < -0.4 is 0 Å². The number of carboxylic acids is 1. The number of likely N-dealkylation sites (tertiary alicyclic amines) is 2. The van der Waals surface area contributed by atoms with Crippen LogP contribution in [0, 0.1) is 11.8 Å². The van der Waals surface area contributed by atoms with E-state index in [2.05, 4.69) is 0 Å². The Morgan fingerprint density at radius 2 is 1.91 bits per heavy atom. The lowest BCUT2D eigenvalue weighted by Gasteiger charge is -2.37. The molecule has 1 saturated carbocycles. The molecule has 122 valence electrons. The molecular weight excluding hydrogens is 284 g/mol. The number of carboxylic acid groups (broad SMARTS) is 1. The van der Waals surface area contributed by atoms with Crippen LogP contribution >= 0.6 is 0 Å². The van der Waals surface area contributed by atoms with Gasteiger partial charge < -0.3 is 14.9 Å². The third-order valence-electron chi connectivity index (χ3n) is 5.64. The quantitative estimate of drug-likeness (QED) is 0.828.